The van der Waals surface area contributed by atoms with Crippen LogP contribution in [0, 0.1) is 0 Å². The number of aromatic amines is 1. The highest BCUT2D eigenvalue weighted by molar-refractivity contribution is 5.80. The quantitative estimate of drug-likeness (QED) is 0.794. The highest BCUT2D eigenvalue weighted by Gasteiger charge is 2.07. The number of aromatic nitrogens is 1. The maximum absolute atomic E-state index is 12.1. The zero-order chi connectivity index (χ0) is 16.1. The molecule has 5 nitrogen and oxygen atoms in total. The Morgan fingerprint density at radius 3 is 2.68 bits per heavy atom. The van der Waals surface area contributed by atoms with Gasteiger partial charge < -0.3 is 15.6 Å². The molecule has 0 spiro atoms. The molecule has 2 aromatic rings. The Hall–Kier alpha value is -2.30. The third-order valence-electron chi connectivity index (χ3n) is 3.59. The van der Waals surface area contributed by atoms with E-state index >= 15 is 0 Å². The van der Waals surface area contributed by atoms with E-state index < -0.39 is 0 Å². The molecule has 1 aromatic heterocycles. The van der Waals surface area contributed by atoms with Crippen LogP contribution in [0.25, 0.3) is 10.9 Å². The zero-order valence-corrected chi connectivity index (χ0v) is 13.3. The van der Waals surface area contributed by atoms with Gasteiger partial charge in [0.2, 0.25) is 0 Å². The van der Waals surface area contributed by atoms with E-state index in [1.807, 2.05) is 25.1 Å². The van der Waals surface area contributed by atoms with Gasteiger partial charge in [0, 0.05) is 24.2 Å². The monoisotopic (exact) mass is 301 g/mol. The fourth-order valence-corrected chi connectivity index (χ4v) is 2.24. The van der Waals surface area contributed by atoms with Crippen LogP contribution in [-0.4, -0.2) is 17.6 Å². The molecule has 2 amide bonds. The predicted molar refractivity (Wildman–Crippen MR) is 89.2 cm³/mol. The van der Waals surface area contributed by atoms with E-state index in [1.165, 1.54) is 5.56 Å². The number of H-pyrrole nitrogens is 1. The summed E-state index contributed by atoms with van der Waals surface area (Å²) in [5.74, 6) is 0.428. The van der Waals surface area contributed by atoms with E-state index in [0.29, 0.717) is 18.0 Å². The minimum absolute atomic E-state index is 0.166. The van der Waals surface area contributed by atoms with Gasteiger partial charge in [-0.2, -0.15) is 0 Å². The van der Waals surface area contributed by atoms with Crippen molar-refractivity contribution in [1.29, 1.82) is 0 Å². The van der Waals surface area contributed by atoms with Crippen molar-refractivity contribution >= 4 is 16.9 Å². The standard InChI is InChI=1S/C17H23N3O2/c1-4-7-18-17(22)19-10-14-9-13-8-12(11(2)3)5-6-15(13)20-16(14)21/h5-6,8-9,11H,4,7,10H2,1-3H3,(H,20,21)(H2,18,19,22). The van der Waals surface area contributed by atoms with Crippen molar-refractivity contribution in [2.75, 3.05) is 6.54 Å². The molecule has 0 fully saturated rings. The van der Waals surface area contributed by atoms with Gasteiger partial charge >= 0.3 is 6.03 Å². The van der Waals surface area contributed by atoms with Crippen LogP contribution in [0.5, 0.6) is 0 Å². The Morgan fingerprint density at radius 1 is 1.23 bits per heavy atom. The van der Waals surface area contributed by atoms with Gasteiger partial charge in [-0.25, -0.2) is 4.79 Å². The Labute approximate surface area is 130 Å². The summed E-state index contributed by atoms with van der Waals surface area (Å²) in [6.07, 6.45) is 0.877. The van der Waals surface area contributed by atoms with Crippen LogP contribution in [-0.2, 0) is 6.54 Å². The topological polar surface area (TPSA) is 74.0 Å². The van der Waals surface area contributed by atoms with Crippen molar-refractivity contribution in [2.45, 2.75) is 39.7 Å². The molecule has 1 aromatic carbocycles. The first-order valence-corrected chi connectivity index (χ1v) is 7.68. The summed E-state index contributed by atoms with van der Waals surface area (Å²) in [5.41, 5.74) is 2.42. The average molecular weight is 301 g/mol. The van der Waals surface area contributed by atoms with Gasteiger partial charge in [0.1, 0.15) is 0 Å². The average Bonchev–Trinajstić information content (AvgIpc) is 2.50. The number of benzene rings is 1. The number of urea groups is 1. The summed E-state index contributed by atoms with van der Waals surface area (Å²) >= 11 is 0. The van der Waals surface area contributed by atoms with Crippen molar-refractivity contribution in [3.05, 3.63) is 45.7 Å². The highest BCUT2D eigenvalue weighted by atomic mass is 16.2. The molecule has 0 bridgehead atoms. The molecular formula is C17H23N3O2. The van der Waals surface area contributed by atoms with Crippen LogP contribution < -0.4 is 16.2 Å². The minimum atomic E-state index is -0.253. The lowest BCUT2D eigenvalue weighted by atomic mass is 10.0. The molecule has 22 heavy (non-hydrogen) atoms. The SMILES string of the molecule is CCCNC(=O)NCc1cc2cc(C(C)C)ccc2[nH]c1=O. The van der Waals surface area contributed by atoms with Crippen molar-refractivity contribution in [3.63, 3.8) is 0 Å². The van der Waals surface area contributed by atoms with E-state index in [0.717, 1.165) is 17.3 Å². The second-order valence-electron chi connectivity index (χ2n) is 5.73. The number of pyridine rings is 1. The minimum Gasteiger partial charge on any atom is -0.338 e. The number of carbonyl (C=O) groups excluding carboxylic acids is 1. The molecule has 0 radical (unpaired) electrons. The first kappa shape index (κ1) is 16.1. The number of fused-ring (bicyclic) bond motifs is 1. The first-order chi connectivity index (χ1) is 10.5. The van der Waals surface area contributed by atoms with Crippen LogP contribution in [0.2, 0.25) is 0 Å². The normalized spacial score (nSPS) is 10.9. The first-order valence-electron chi connectivity index (χ1n) is 7.68. The molecule has 0 saturated heterocycles. The molecule has 5 heteroatoms. The Kier molecular flexibility index (Phi) is 5.20. The zero-order valence-electron chi connectivity index (χ0n) is 13.3. The molecule has 0 atom stereocenters. The summed E-state index contributed by atoms with van der Waals surface area (Å²) in [4.78, 5) is 26.5. The number of nitrogens with one attached hydrogen (secondary N) is 3. The molecule has 3 N–H and O–H groups in total. The van der Waals surface area contributed by atoms with Crippen LogP contribution in [0.1, 0.15) is 44.2 Å². The van der Waals surface area contributed by atoms with Crippen molar-refractivity contribution in [1.82, 2.24) is 15.6 Å². The van der Waals surface area contributed by atoms with Gasteiger partial charge in [-0.05, 0) is 41.5 Å². The molecule has 1 heterocycles. The Morgan fingerprint density at radius 2 is 2.00 bits per heavy atom. The summed E-state index contributed by atoms with van der Waals surface area (Å²) in [6.45, 7) is 7.09. The fourth-order valence-electron chi connectivity index (χ4n) is 2.24. The van der Waals surface area contributed by atoms with E-state index in [9.17, 15) is 9.59 Å². The van der Waals surface area contributed by atoms with Crippen LogP contribution >= 0.6 is 0 Å². The van der Waals surface area contributed by atoms with Crippen LogP contribution in [0.3, 0.4) is 0 Å². The maximum Gasteiger partial charge on any atom is 0.315 e. The maximum atomic E-state index is 12.1. The number of hydrogen-bond acceptors (Lipinski definition) is 2. The molecule has 2 rings (SSSR count). The van der Waals surface area contributed by atoms with Gasteiger partial charge in [-0.1, -0.05) is 26.8 Å². The fraction of sp³-hybridized carbons (Fsp3) is 0.412. The molecule has 0 aliphatic carbocycles. The summed E-state index contributed by atoms with van der Waals surface area (Å²) in [5, 5.41) is 6.41. The molecule has 118 valence electrons. The van der Waals surface area contributed by atoms with Gasteiger partial charge in [0.25, 0.3) is 5.56 Å². The van der Waals surface area contributed by atoms with E-state index in [-0.39, 0.29) is 18.1 Å². The molecule has 0 aliphatic heterocycles. The van der Waals surface area contributed by atoms with Gasteiger partial charge in [-0.3, -0.25) is 4.79 Å². The second-order valence-corrected chi connectivity index (χ2v) is 5.73. The number of carbonyl (C=O) groups is 1. The van der Waals surface area contributed by atoms with Gasteiger partial charge in [0.15, 0.2) is 0 Å². The highest BCUT2D eigenvalue weighted by Crippen LogP contribution is 2.19. The Balaban J connectivity index is 2.20. The third kappa shape index (κ3) is 3.87. The van der Waals surface area contributed by atoms with E-state index in [4.69, 9.17) is 0 Å². The number of hydrogen-bond donors (Lipinski definition) is 3. The Bertz CT molecular complexity index is 719. The summed E-state index contributed by atoms with van der Waals surface area (Å²) in [6, 6.07) is 7.63. The van der Waals surface area contributed by atoms with Crippen molar-refractivity contribution in [2.24, 2.45) is 0 Å². The van der Waals surface area contributed by atoms with Crippen molar-refractivity contribution < 1.29 is 4.79 Å². The molecule has 0 saturated carbocycles. The summed E-state index contributed by atoms with van der Waals surface area (Å²) in [7, 11) is 0. The van der Waals surface area contributed by atoms with Crippen LogP contribution in [0.15, 0.2) is 29.1 Å². The number of rotatable bonds is 5. The summed E-state index contributed by atoms with van der Waals surface area (Å²) < 4.78 is 0. The van der Waals surface area contributed by atoms with Gasteiger partial charge in [-0.15, -0.1) is 0 Å². The van der Waals surface area contributed by atoms with Gasteiger partial charge in [0.05, 0.1) is 0 Å². The lowest BCUT2D eigenvalue weighted by Crippen LogP contribution is -2.36. The molecule has 0 unspecified atom stereocenters. The number of amides is 2. The lowest BCUT2D eigenvalue weighted by molar-refractivity contribution is 0.240. The smallest absolute Gasteiger partial charge is 0.315 e. The molecule has 0 aliphatic rings. The molecular weight excluding hydrogens is 278 g/mol. The lowest BCUT2D eigenvalue weighted by Gasteiger charge is -2.09. The predicted octanol–water partition coefficient (Wildman–Crippen LogP) is 2.86. The third-order valence-corrected chi connectivity index (χ3v) is 3.59. The second kappa shape index (κ2) is 7.11. The van der Waals surface area contributed by atoms with Crippen LogP contribution in [0.4, 0.5) is 4.79 Å². The van der Waals surface area contributed by atoms with E-state index in [1.54, 1.807) is 0 Å². The largest absolute Gasteiger partial charge is 0.338 e. The van der Waals surface area contributed by atoms with Crippen molar-refractivity contribution in [3.8, 4) is 0 Å². The van der Waals surface area contributed by atoms with E-state index in [2.05, 4.69) is 35.5 Å².